The van der Waals surface area contributed by atoms with E-state index in [1.54, 1.807) is 11.0 Å². The fraction of sp³-hybridized carbons (Fsp3) is 0.562. The molecule has 128 valence electrons. The highest BCUT2D eigenvalue weighted by molar-refractivity contribution is 5.76. The molecule has 0 unspecified atom stereocenters. The van der Waals surface area contributed by atoms with Gasteiger partial charge in [-0.2, -0.15) is 13.2 Å². The first-order valence-corrected chi connectivity index (χ1v) is 7.44. The quantitative estimate of drug-likeness (QED) is 0.832. The number of hydrogen-bond donors (Lipinski definition) is 0. The highest BCUT2D eigenvalue weighted by atomic mass is 19.4. The van der Waals surface area contributed by atoms with E-state index in [2.05, 4.69) is 0 Å². The van der Waals surface area contributed by atoms with Gasteiger partial charge in [0.25, 0.3) is 0 Å². The predicted molar refractivity (Wildman–Crippen MR) is 78.0 cm³/mol. The Balaban J connectivity index is 1.96. The van der Waals surface area contributed by atoms with Gasteiger partial charge in [0.2, 0.25) is 5.91 Å². The smallest absolute Gasteiger partial charge is 0.384 e. The van der Waals surface area contributed by atoms with E-state index in [0.717, 1.165) is 12.1 Å². The van der Waals surface area contributed by atoms with E-state index in [9.17, 15) is 18.0 Å². The first-order chi connectivity index (χ1) is 10.9. The molecule has 1 heterocycles. The van der Waals surface area contributed by atoms with Gasteiger partial charge in [-0.1, -0.05) is 18.2 Å². The molecule has 0 aliphatic carbocycles. The average Bonchev–Trinajstić information content (AvgIpc) is 2.52. The summed E-state index contributed by atoms with van der Waals surface area (Å²) in [6.45, 7) is 1.64. The lowest BCUT2D eigenvalue weighted by molar-refractivity contribution is -0.139. The maximum absolute atomic E-state index is 12.7. The molecule has 0 N–H and O–H groups in total. The van der Waals surface area contributed by atoms with Crippen LogP contribution >= 0.6 is 0 Å². The summed E-state index contributed by atoms with van der Waals surface area (Å²) in [6.07, 6.45) is -4.00. The van der Waals surface area contributed by atoms with Crippen molar-refractivity contribution in [3.05, 3.63) is 35.4 Å². The molecule has 7 heteroatoms. The first kappa shape index (κ1) is 17.7. The number of carbonyl (C=O) groups is 1. The number of alkyl halides is 3. The van der Waals surface area contributed by atoms with Gasteiger partial charge in [-0.05, 0) is 11.6 Å². The number of nitrogens with zero attached hydrogens (tertiary/aromatic N) is 1. The lowest BCUT2D eigenvalue weighted by atomic mass is 10.0. The number of methoxy groups -OCH3 is 1. The standard InChI is InChI=1S/C16H20F3NO3/c1-22-7-5-15(21)20-6-8-23-14(11-20)10-12-3-2-4-13(9-12)16(17,18)19/h2-4,9,14H,5-8,10-11H2,1H3/t14-/m1/s1. The van der Waals surface area contributed by atoms with E-state index in [1.807, 2.05) is 0 Å². The van der Waals surface area contributed by atoms with Crippen molar-refractivity contribution in [1.82, 2.24) is 4.90 Å². The average molecular weight is 331 g/mol. The Hall–Kier alpha value is -1.60. The van der Waals surface area contributed by atoms with Crippen molar-refractivity contribution in [2.24, 2.45) is 0 Å². The molecule has 2 rings (SSSR count). The molecular formula is C16H20F3NO3. The summed E-state index contributed by atoms with van der Waals surface area (Å²) >= 11 is 0. The van der Waals surface area contributed by atoms with Gasteiger partial charge >= 0.3 is 6.18 Å². The van der Waals surface area contributed by atoms with Crippen molar-refractivity contribution in [3.8, 4) is 0 Å². The van der Waals surface area contributed by atoms with Crippen LogP contribution in [-0.4, -0.2) is 50.3 Å². The van der Waals surface area contributed by atoms with Crippen LogP contribution in [0.1, 0.15) is 17.5 Å². The molecule has 0 bridgehead atoms. The van der Waals surface area contributed by atoms with Crippen molar-refractivity contribution in [3.63, 3.8) is 0 Å². The molecule has 0 spiro atoms. The second-order valence-electron chi connectivity index (χ2n) is 5.48. The number of morpholine rings is 1. The summed E-state index contributed by atoms with van der Waals surface area (Å²) in [5.41, 5.74) is -0.116. The minimum absolute atomic E-state index is 0.0239. The van der Waals surface area contributed by atoms with Gasteiger partial charge in [0.1, 0.15) is 0 Å². The monoisotopic (exact) mass is 331 g/mol. The van der Waals surface area contributed by atoms with Crippen molar-refractivity contribution in [2.75, 3.05) is 33.4 Å². The van der Waals surface area contributed by atoms with Gasteiger partial charge in [-0.15, -0.1) is 0 Å². The van der Waals surface area contributed by atoms with Gasteiger partial charge < -0.3 is 14.4 Å². The largest absolute Gasteiger partial charge is 0.416 e. The molecule has 1 saturated heterocycles. The number of rotatable bonds is 5. The first-order valence-electron chi connectivity index (χ1n) is 7.44. The summed E-state index contributed by atoms with van der Waals surface area (Å²) in [5.74, 6) is -0.0239. The molecule has 0 aromatic heterocycles. The number of benzene rings is 1. The lowest BCUT2D eigenvalue weighted by Crippen LogP contribution is -2.46. The maximum Gasteiger partial charge on any atom is 0.416 e. The third-order valence-corrected chi connectivity index (χ3v) is 3.73. The number of amides is 1. The Morgan fingerprint density at radius 1 is 1.43 bits per heavy atom. The van der Waals surface area contributed by atoms with E-state index in [0.29, 0.717) is 44.7 Å². The number of carbonyl (C=O) groups excluding carboxylic acids is 1. The van der Waals surface area contributed by atoms with E-state index in [1.165, 1.54) is 13.2 Å². The highest BCUT2D eigenvalue weighted by Crippen LogP contribution is 2.30. The van der Waals surface area contributed by atoms with Crippen LogP contribution in [0.2, 0.25) is 0 Å². The van der Waals surface area contributed by atoms with Crippen LogP contribution in [0, 0.1) is 0 Å². The SMILES string of the molecule is COCCC(=O)N1CCO[C@H](Cc2cccc(C(F)(F)F)c2)C1. The molecule has 1 aromatic carbocycles. The van der Waals surface area contributed by atoms with Crippen LogP contribution in [0.25, 0.3) is 0 Å². The van der Waals surface area contributed by atoms with Gasteiger partial charge in [0, 0.05) is 26.6 Å². The van der Waals surface area contributed by atoms with Crippen LogP contribution < -0.4 is 0 Å². The molecule has 0 saturated carbocycles. The van der Waals surface area contributed by atoms with E-state index < -0.39 is 11.7 Å². The minimum atomic E-state index is -4.36. The normalized spacial score (nSPS) is 19.0. The zero-order valence-corrected chi connectivity index (χ0v) is 12.9. The van der Waals surface area contributed by atoms with Crippen molar-refractivity contribution < 1.29 is 27.4 Å². The second-order valence-corrected chi connectivity index (χ2v) is 5.48. The molecule has 1 aliphatic heterocycles. The molecule has 1 aliphatic rings. The van der Waals surface area contributed by atoms with E-state index in [-0.39, 0.29) is 12.0 Å². The minimum Gasteiger partial charge on any atom is -0.384 e. The summed E-state index contributed by atoms with van der Waals surface area (Å²) < 4.78 is 48.7. The summed E-state index contributed by atoms with van der Waals surface area (Å²) in [7, 11) is 1.53. The maximum atomic E-state index is 12.7. The molecule has 1 fully saturated rings. The Morgan fingerprint density at radius 2 is 2.22 bits per heavy atom. The highest BCUT2D eigenvalue weighted by Gasteiger charge is 2.31. The Labute approximate surface area is 133 Å². The Kier molecular flexibility index (Phi) is 6.01. The Bertz CT molecular complexity index is 534. The second kappa shape index (κ2) is 7.79. The zero-order valence-electron chi connectivity index (χ0n) is 12.9. The van der Waals surface area contributed by atoms with Gasteiger partial charge in [0.05, 0.1) is 31.3 Å². The fourth-order valence-electron chi connectivity index (χ4n) is 2.55. The number of ether oxygens (including phenoxy) is 2. The summed E-state index contributed by atoms with van der Waals surface area (Å²) in [4.78, 5) is 13.7. The third-order valence-electron chi connectivity index (χ3n) is 3.73. The number of halogens is 3. The summed E-state index contributed by atoms with van der Waals surface area (Å²) in [6, 6.07) is 5.22. The molecule has 4 nitrogen and oxygen atoms in total. The van der Waals surface area contributed by atoms with Crippen LogP contribution in [0.5, 0.6) is 0 Å². The topological polar surface area (TPSA) is 38.8 Å². The molecule has 1 atom stereocenters. The van der Waals surface area contributed by atoms with Crippen molar-refractivity contribution in [2.45, 2.75) is 25.1 Å². The Morgan fingerprint density at radius 3 is 2.91 bits per heavy atom. The van der Waals surface area contributed by atoms with Crippen LogP contribution in [0.4, 0.5) is 13.2 Å². The van der Waals surface area contributed by atoms with E-state index >= 15 is 0 Å². The van der Waals surface area contributed by atoms with Crippen molar-refractivity contribution >= 4 is 5.91 Å². The van der Waals surface area contributed by atoms with Crippen LogP contribution in [0.15, 0.2) is 24.3 Å². The van der Waals surface area contributed by atoms with Crippen molar-refractivity contribution in [1.29, 1.82) is 0 Å². The van der Waals surface area contributed by atoms with Gasteiger partial charge in [-0.25, -0.2) is 0 Å². The van der Waals surface area contributed by atoms with Gasteiger partial charge in [-0.3, -0.25) is 4.79 Å². The molecule has 23 heavy (non-hydrogen) atoms. The van der Waals surface area contributed by atoms with Gasteiger partial charge in [0.15, 0.2) is 0 Å². The van der Waals surface area contributed by atoms with E-state index in [4.69, 9.17) is 9.47 Å². The molecule has 1 aromatic rings. The zero-order chi connectivity index (χ0) is 16.9. The third kappa shape index (κ3) is 5.21. The molecule has 0 radical (unpaired) electrons. The summed E-state index contributed by atoms with van der Waals surface area (Å²) in [5, 5.41) is 0. The number of hydrogen-bond acceptors (Lipinski definition) is 3. The van der Waals surface area contributed by atoms with Crippen LogP contribution in [0.3, 0.4) is 0 Å². The molecular weight excluding hydrogens is 311 g/mol. The fourth-order valence-corrected chi connectivity index (χ4v) is 2.55. The predicted octanol–water partition coefficient (Wildman–Crippen LogP) is 2.51. The van der Waals surface area contributed by atoms with Crippen LogP contribution in [-0.2, 0) is 26.9 Å². The lowest BCUT2D eigenvalue weighted by Gasteiger charge is -2.33. The molecule has 1 amide bonds.